The van der Waals surface area contributed by atoms with E-state index in [1.54, 1.807) is 0 Å². The van der Waals surface area contributed by atoms with Crippen molar-refractivity contribution in [3.05, 3.63) is 0 Å². The molecule has 0 aromatic heterocycles. The van der Waals surface area contributed by atoms with Crippen LogP contribution < -0.4 is 11.1 Å². The summed E-state index contributed by atoms with van der Waals surface area (Å²) in [7, 11) is 0. The van der Waals surface area contributed by atoms with E-state index in [2.05, 4.69) is 17.1 Å². The van der Waals surface area contributed by atoms with Crippen molar-refractivity contribution in [2.75, 3.05) is 19.7 Å². The van der Waals surface area contributed by atoms with Crippen LogP contribution in [0.2, 0.25) is 0 Å². The van der Waals surface area contributed by atoms with Crippen molar-refractivity contribution in [2.24, 2.45) is 5.73 Å². The quantitative estimate of drug-likeness (QED) is 0.709. The normalized spacial score (nSPS) is 32.2. The number of amides is 1. The maximum Gasteiger partial charge on any atom is 0.237 e. The van der Waals surface area contributed by atoms with Gasteiger partial charge in [0.15, 0.2) is 0 Å². The molecule has 98 valence electrons. The van der Waals surface area contributed by atoms with Crippen molar-refractivity contribution in [3.63, 3.8) is 0 Å². The van der Waals surface area contributed by atoms with E-state index in [9.17, 15) is 4.79 Å². The SMILES string of the molecule is CC1COC(CN)CN1C(C)C(=O)NC1CC1. The summed E-state index contributed by atoms with van der Waals surface area (Å²) in [5.41, 5.74) is 5.63. The first kappa shape index (κ1) is 12.8. The Labute approximate surface area is 103 Å². The molecule has 0 aromatic carbocycles. The Hall–Kier alpha value is -0.650. The van der Waals surface area contributed by atoms with E-state index in [1.807, 2.05) is 6.92 Å². The van der Waals surface area contributed by atoms with Gasteiger partial charge in [0.1, 0.15) is 0 Å². The highest BCUT2D eigenvalue weighted by atomic mass is 16.5. The molecule has 3 atom stereocenters. The van der Waals surface area contributed by atoms with Crippen molar-refractivity contribution in [1.82, 2.24) is 10.2 Å². The first-order valence-electron chi connectivity index (χ1n) is 6.49. The minimum Gasteiger partial charge on any atom is -0.374 e. The van der Waals surface area contributed by atoms with Gasteiger partial charge in [-0.15, -0.1) is 0 Å². The van der Waals surface area contributed by atoms with Crippen LogP contribution in [0.4, 0.5) is 0 Å². The van der Waals surface area contributed by atoms with Crippen LogP contribution in [0.5, 0.6) is 0 Å². The Morgan fingerprint density at radius 2 is 2.29 bits per heavy atom. The van der Waals surface area contributed by atoms with Gasteiger partial charge in [-0.05, 0) is 26.7 Å². The number of ether oxygens (including phenoxy) is 1. The number of rotatable bonds is 4. The molecule has 1 aliphatic carbocycles. The van der Waals surface area contributed by atoms with Crippen LogP contribution in [0.25, 0.3) is 0 Å². The lowest BCUT2D eigenvalue weighted by molar-refractivity contribution is -0.132. The number of nitrogens with zero attached hydrogens (tertiary/aromatic N) is 1. The van der Waals surface area contributed by atoms with Crippen LogP contribution >= 0.6 is 0 Å². The lowest BCUT2D eigenvalue weighted by atomic mass is 10.1. The Bertz CT molecular complexity index is 281. The van der Waals surface area contributed by atoms with Gasteiger partial charge in [0.25, 0.3) is 0 Å². The highest BCUT2D eigenvalue weighted by Crippen LogP contribution is 2.20. The largest absolute Gasteiger partial charge is 0.374 e. The molecular weight excluding hydrogens is 218 g/mol. The predicted octanol–water partition coefficient (Wildman–Crippen LogP) is -0.298. The van der Waals surface area contributed by atoms with E-state index in [0.29, 0.717) is 19.2 Å². The van der Waals surface area contributed by atoms with Crippen LogP contribution in [0.1, 0.15) is 26.7 Å². The second-order valence-corrected chi connectivity index (χ2v) is 5.20. The average molecular weight is 241 g/mol. The Kier molecular flexibility index (Phi) is 4.01. The van der Waals surface area contributed by atoms with Gasteiger partial charge < -0.3 is 15.8 Å². The molecule has 0 bridgehead atoms. The van der Waals surface area contributed by atoms with Crippen molar-refractivity contribution >= 4 is 5.91 Å². The fourth-order valence-electron chi connectivity index (χ4n) is 2.22. The summed E-state index contributed by atoms with van der Waals surface area (Å²) in [6, 6.07) is 0.605. The Morgan fingerprint density at radius 3 is 2.88 bits per heavy atom. The maximum absolute atomic E-state index is 12.0. The van der Waals surface area contributed by atoms with Crippen LogP contribution in [0.15, 0.2) is 0 Å². The molecule has 5 heteroatoms. The molecule has 3 N–H and O–H groups in total. The van der Waals surface area contributed by atoms with Gasteiger partial charge in [-0.1, -0.05) is 0 Å². The van der Waals surface area contributed by atoms with Crippen LogP contribution in [-0.2, 0) is 9.53 Å². The molecule has 2 aliphatic rings. The number of hydrogen-bond acceptors (Lipinski definition) is 4. The van der Waals surface area contributed by atoms with Crippen molar-refractivity contribution < 1.29 is 9.53 Å². The van der Waals surface area contributed by atoms with Gasteiger partial charge in [-0.25, -0.2) is 0 Å². The smallest absolute Gasteiger partial charge is 0.237 e. The molecular formula is C12H23N3O2. The van der Waals surface area contributed by atoms with Gasteiger partial charge in [-0.3, -0.25) is 9.69 Å². The highest BCUT2D eigenvalue weighted by Gasteiger charge is 2.34. The number of carbonyl (C=O) groups is 1. The third kappa shape index (κ3) is 3.18. The number of nitrogens with two attached hydrogens (primary N) is 1. The third-order valence-electron chi connectivity index (χ3n) is 3.62. The van der Waals surface area contributed by atoms with Crippen LogP contribution in [0.3, 0.4) is 0 Å². The first-order chi connectivity index (χ1) is 8.11. The van der Waals surface area contributed by atoms with Gasteiger partial charge in [-0.2, -0.15) is 0 Å². The summed E-state index contributed by atoms with van der Waals surface area (Å²) in [4.78, 5) is 14.2. The summed E-state index contributed by atoms with van der Waals surface area (Å²) >= 11 is 0. The molecule has 1 saturated heterocycles. The van der Waals surface area contributed by atoms with E-state index < -0.39 is 0 Å². The molecule has 0 radical (unpaired) electrons. The molecule has 2 rings (SSSR count). The molecule has 17 heavy (non-hydrogen) atoms. The van der Waals surface area contributed by atoms with E-state index in [-0.39, 0.29) is 24.1 Å². The summed E-state index contributed by atoms with van der Waals surface area (Å²) in [6.07, 6.45) is 2.31. The van der Waals surface area contributed by atoms with Crippen molar-refractivity contribution in [1.29, 1.82) is 0 Å². The third-order valence-corrected chi connectivity index (χ3v) is 3.62. The number of carbonyl (C=O) groups excluding carboxylic acids is 1. The van der Waals surface area contributed by atoms with E-state index in [0.717, 1.165) is 19.4 Å². The van der Waals surface area contributed by atoms with Gasteiger partial charge in [0.05, 0.1) is 18.8 Å². The zero-order chi connectivity index (χ0) is 12.4. The summed E-state index contributed by atoms with van der Waals surface area (Å²) < 4.78 is 5.59. The van der Waals surface area contributed by atoms with Crippen molar-refractivity contribution in [3.8, 4) is 0 Å². The van der Waals surface area contributed by atoms with Crippen LogP contribution in [-0.4, -0.2) is 54.7 Å². The first-order valence-corrected chi connectivity index (χ1v) is 6.49. The Balaban J connectivity index is 1.90. The van der Waals surface area contributed by atoms with E-state index in [4.69, 9.17) is 10.5 Å². The second-order valence-electron chi connectivity index (χ2n) is 5.20. The van der Waals surface area contributed by atoms with Crippen LogP contribution in [0, 0.1) is 0 Å². The van der Waals surface area contributed by atoms with Gasteiger partial charge in [0.2, 0.25) is 5.91 Å². The minimum absolute atomic E-state index is 0.0578. The predicted molar refractivity (Wildman–Crippen MR) is 65.6 cm³/mol. The maximum atomic E-state index is 12.0. The zero-order valence-corrected chi connectivity index (χ0v) is 10.7. The monoisotopic (exact) mass is 241 g/mol. The van der Waals surface area contributed by atoms with Crippen molar-refractivity contribution in [2.45, 2.75) is 50.9 Å². The fourth-order valence-corrected chi connectivity index (χ4v) is 2.22. The molecule has 1 saturated carbocycles. The molecule has 0 spiro atoms. The van der Waals surface area contributed by atoms with Gasteiger partial charge >= 0.3 is 0 Å². The molecule has 1 heterocycles. The number of nitrogens with one attached hydrogen (secondary N) is 1. The zero-order valence-electron chi connectivity index (χ0n) is 10.7. The summed E-state index contributed by atoms with van der Waals surface area (Å²) in [5.74, 6) is 0.136. The molecule has 5 nitrogen and oxygen atoms in total. The number of hydrogen-bond donors (Lipinski definition) is 2. The molecule has 1 amide bonds. The Morgan fingerprint density at radius 1 is 1.59 bits per heavy atom. The van der Waals surface area contributed by atoms with E-state index in [1.165, 1.54) is 0 Å². The molecule has 1 aliphatic heterocycles. The standard InChI is InChI=1S/C12H23N3O2/c1-8-7-17-11(5-13)6-15(8)9(2)12(16)14-10-3-4-10/h8-11H,3-7,13H2,1-2H3,(H,14,16). The van der Waals surface area contributed by atoms with Gasteiger partial charge in [0, 0.05) is 25.2 Å². The molecule has 2 fully saturated rings. The summed E-state index contributed by atoms with van der Waals surface area (Å²) in [5, 5.41) is 3.05. The average Bonchev–Trinajstić information content (AvgIpc) is 3.12. The second kappa shape index (κ2) is 5.33. The molecule has 3 unspecified atom stereocenters. The lowest BCUT2D eigenvalue weighted by Crippen LogP contribution is -2.57. The minimum atomic E-state index is -0.0939. The summed E-state index contributed by atoms with van der Waals surface area (Å²) in [6.45, 7) is 5.97. The molecule has 0 aromatic rings. The lowest BCUT2D eigenvalue weighted by Gasteiger charge is -2.40. The van der Waals surface area contributed by atoms with E-state index >= 15 is 0 Å². The number of morpholine rings is 1. The fraction of sp³-hybridized carbons (Fsp3) is 0.917. The highest BCUT2D eigenvalue weighted by molar-refractivity contribution is 5.81. The topological polar surface area (TPSA) is 67.6 Å².